The minimum atomic E-state index is -4.42. The molecular formula is C7H9O4P. The van der Waals surface area contributed by atoms with Crippen molar-refractivity contribution in [1.29, 1.82) is 0 Å². The largest absolute Gasteiger partial charge is 0.376 e. The van der Waals surface area contributed by atoms with Crippen molar-refractivity contribution < 1.29 is 19.5 Å². The van der Waals surface area contributed by atoms with Crippen LogP contribution in [0, 0.1) is 0 Å². The molecule has 0 amide bonds. The zero-order valence-corrected chi connectivity index (χ0v) is 7.06. The van der Waals surface area contributed by atoms with Crippen molar-refractivity contribution in [3.8, 4) is 0 Å². The third-order valence-electron chi connectivity index (χ3n) is 1.42. The molecule has 0 heterocycles. The molecule has 1 unspecified atom stereocenters. The van der Waals surface area contributed by atoms with Gasteiger partial charge in [-0.15, -0.1) is 0 Å². The lowest BCUT2D eigenvalue weighted by molar-refractivity contribution is 0.205. The van der Waals surface area contributed by atoms with E-state index in [0.717, 1.165) is 0 Å². The first-order chi connectivity index (χ1) is 5.52. The van der Waals surface area contributed by atoms with Crippen molar-refractivity contribution in [3.63, 3.8) is 0 Å². The molecule has 0 spiro atoms. The average Bonchev–Trinajstić information content (AvgIpc) is 2.03. The zero-order valence-electron chi connectivity index (χ0n) is 6.16. The molecule has 0 saturated carbocycles. The van der Waals surface area contributed by atoms with E-state index in [-0.39, 0.29) is 5.56 Å². The van der Waals surface area contributed by atoms with Crippen LogP contribution in [0.3, 0.4) is 0 Å². The predicted molar refractivity (Wildman–Crippen MR) is 43.4 cm³/mol. The average molecular weight is 188 g/mol. The Morgan fingerprint density at radius 2 is 1.67 bits per heavy atom. The molecule has 1 atom stereocenters. The summed E-state index contributed by atoms with van der Waals surface area (Å²) in [5, 5.41) is 9.09. The van der Waals surface area contributed by atoms with Crippen molar-refractivity contribution in [2.75, 3.05) is 0 Å². The maximum absolute atomic E-state index is 10.6. The molecule has 0 aliphatic rings. The Bertz CT molecular complexity index is 292. The van der Waals surface area contributed by atoms with E-state index in [4.69, 9.17) is 14.9 Å². The van der Waals surface area contributed by atoms with Gasteiger partial charge in [0.1, 0.15) is 0 Å². The highest BCUT2D eigenvalue weighted by atomic mass is 31.2. The van der Waals surface area contributed by atoms with Crippen LogP contribution in [0.5, 0.6) is 0 Å². The number of hydrogen-bond acceptors (Lipinski definition) is 2. The quantitative estimate of drug-likeness (QED) is 0.601. The minimum Gasteiger partial charge on any atom is -0.376 e. The van der Waals surface area contributed by atoms with Gasteiger partial charge >= 0.3 is 7.60 Å². The topological polar surface area (TPSA) is 77.8 Å². The summed E-state index contributed by atoms with van der Waals surface area (Å²) in [5.74, 6) is -1.71. The van der Waals surface area contributed by atoms with Crippen LogP contribution in [0.15, 0.2) is 30.3 Å². The van der Waals surface area contributed by atoms with Crippen LogP contribution in [-0.2, 0) is 4.57 Å². The van der Waals surface area contributed by atoms with Gasteiger partial charge < -0.3 is 14.9 Å². The number of aliphatic hydroxyl groups is 1. The molecule has 1 aromatic rings. The molecule has 5 heteroatoms. The smallest absolute Gasteiger partial charge is 0.358 e. The zero-order chi connectivity index (χ0) is 9.19. The Morgan fingerprint density at radius 3 is 2.08 bits per heavy atom. The highest BCUT2D eigenvalue weighted by molar-refractivity contribution is 7.51. The van der Waals surface area contributed by atoms with Gasteiger partial charge in [-0.1, -0.05) is 30.3 Å². The molecule has 1 rings (SSSR count). The van der Waals surface area contributed by atoms with Gasteiger partial charge in [-0.05, 0) is 5.56 Å². The second-order valence-electron chi connectivity index (χ2n) is 2.37. The van der Waals surface area contributed by atoms with Gasteiger partial charge in [-0.25, -0.2) is 0 Å². The monoisotopic (exact) mass is 188 g/mol. The molecule has 12 heavy (non-hydrogen) atoms. The number of hydrogen-bond donors (Lipinski definition) is 3. The van der Waals surface area contributed by atoms with Crippen LogP contribution >= 0.6 is 7.60 Å². The third-order valence-corrected chi connectivity index (χ3v) is 2.35. The van der Waals surface area contributed by atoms with E-state index >= 15 is 0 Å². The second kappa shape index (κ2) is 3.37. The number of benzene rings is 1. The highest BCUT2D eigenvalue weighted by Gasteiger charge is 2.27. The fourth-order valence-electron chi connectivity index (χ4n) is 0.819. The van der Waals surface area contributed by atoms with E-state index in [1.165, 1.54) is 12.1 Å². The first-order valence-corrected chi connectivity index (χ1v) is 4.98. The molecule has 0 fully saturated rings. The second-order valence-corrected chi connectivity index (χ2v) is 4.04. The molecule has 0 bridgehead atoms. The van der Waals surface area contributed by atoms with Crippen molar-refractivity contribution >= 4 is 7.60 Å². The Balaban J connectivity index is 2.94. The van der Waals surface area contributed by atoms with Gasteiger partial charge in [0.2, 0.25) is 0 Å². The summed E-state index contributed by atoms with van der Waals surface area (Å²) < 4.78 is 10.6. The van der Waals surface area contributed by atoms with Gasteiger partial charge in [-0.2, -0.15) is 0 Å². The van der Waals surface area contributed by atoms with Gasteiger partial charge in [0.15, 0.2) is 5.85 Å². The van der Waals surface area contributed by atoms with Crippen molar-refractivity contribution in [3.05, 3.63) is 35.9 Å². The molecular weight excluding hydrogens is 179 g/mol. The molecule has 0 aromatic heterocycles. The Morgan fingerprint density at radius 1 is 1.17 bits per heavy atom. The van der Waals surface area contributed by atoms with Gasteiger partial charge in [0.25, 0.3) is 0 Å². The Hall–Kier alpha value is -0.670. The molecule has 0 aliphatic carbocycles. The fraction of sp³-hybridized carbons (Fsp3) is 0.143. The first-order valence-electron chi connectivity index (χ1n) is 3.30. The maximum atomic E-state index is 10.6. The van der Waals surface area contributed by atoms with Crippen LogP contribution in [0.1, 0.15) is 11.4 Å². The van der Waals surface area contributed by atoms with E-state index < -0.39 is 13.4 Å². The van der Waals surface area contributed by atoms with Crippen LogP contribution in [0.25, 0.3) is 0 Å². The number of rotatable bonds is 2. The van der Waals surface area contributed by atoms with Crippen molar-refractivity contribution in [2.24, 2.45) is 0 Å². The lowest BCUT2D eigenvalue weighted by Gasteiger charge is -2.11. The summed E-state index contributed by atoms with van der Waals surface area (Å²) >= 11 is 0. The lowest BCUT2D eigenvalue weighted by Crippen LogP contribution is -1.97. The summed E-state index contributed by atoms with van der Waals surface area (Å²) in [5.41, 5.74) is 0.228. The normalized spacial score (nSPS) is 14.2. The lowest BCUT2D eigenvalue weighted by atomic mass is 10.2. The van der Waals surface area contributed by atoms with Crippen LogP contribution in [0.2, 0.25) is 0 Å². The van der Waals surface area contributed by atoms with Gasteiger partial charge in [0, 0.05) is 0 Å². The Labute approximate surface area is 69.6 Å². The molecule has 4 nitrogen and oxygen atoms in total. The predicted octanol–water partition coefficient (Wildman–Crippen LogP) is 0.855. The molecule has 3 N–H and O–H groups in total. The summed E-state index contributed by atoms with van der Waals surface area (Å²) in [7, 11) is -4.42. The van der Waals surface area contributed by atoms with E-state index in [0.29, 0.717) is 0 Å². The Kier molecular flexibility index (Phi) is 2.65. The molecule has 0 saturated heterocycles. The summed E-state index contributed by atoms with van der Waals surface area (Å²) in [6.45, 7) is 0. The van der Waals surface area contributed by atoms with Crippen LogP contribution < -0.4 is 0 Å². The van der Waals surface area contributed by atoms with Crippen LogP contribution in [-0.4, -0.2) is 14.9 Å². The molecule has 66 valence electrons. The minimum absolute atomic E-state index is 0.228. The summed E-state index contributed by atoms with van der Waals surface area (Å²) in [6, 6.07) is 7.84. The molecule has 0 radical (unpaired) electrons. The molecule has 1 aromatic carbocycles. The first kappa shape index (κ1) is 9.42. The number of aliphatic hydroxyl groups excluding tert-OH is 1. The fourth-order valence-corrected chi connectivity index (χ4v) is 1.38. The van der Waals surface area contributed by atoms with E-state index in [9.17, 15) is 4.57 Å². The van der Waals surface area contributed by atoms with Crippen molar-refractivity contribution in [1.82, 2.24) is 0 Å². The van der Waals surface area contributed by atoms with Gasteiger partial charge in [0.05, 0.1) is 0 Å². The summed E-state index contributed by atoms with van der Waals surface area (Å²) in [6.07, 6.45) is 0. The standard InChI is InChI=1S/C7H9O4P/c8-7(12(9,10)11)6-4-2-1-3-5-6/h1-5,7-8H,(H2,9,10,11). The maximum Gasteiger partial charge on any atom is 0.358 e. The summed E-state index contributed by atoms with van der Waals surface area (Å²) in [4.78, 5) is 17.2. The van der Waals surface area contributed by atoms with E-state index in [2.05, 4.69) is 0 Å². The van der Waals surface area contributed by atoms with Crippen LogP contribution in [0.4, 0.5) is 0 Å². The molecule has 0 aliphatic heterocycles. The third kappa shape index (κ3) is 2.16. The van der Waals surface area contributed by atoms with E-state index in [1.807, 2.05) is 0 Å². The van der Waals surface area contributed by atoms with Crippen molar-refractivity contribution in [2.45, 2.75) is 5.85 Å². The van der Waals surface area contributed by atoms with Gasteiger partial charge in [-0.3, -0.25) is 4.57 Å². The highest BCUT2D eigenvalue weighted by Crippen LogP contribution is 2.49. The SMILES string of the molecule is O=P(O)(O)C(O)c1ccccc1. The van der Waals surface area contributed by atoms with E-state index in [1.54, 1.807) is 18.2 Å².